The van der Waals surface area contributed by atoms with Gasteiger partial charge in [0.15, 0.2) is 0 Å². The van der Waals surface area contributed by atoms with Gasteiger partial charge in [-0.15, -0.1) is 0 Å². The lowest BCUT2D eigenvalue weighted by molar-refractivity contribution is -0.143. The summed E-state index contributed by atoms with van der Waals surface area (Å²) in [6, 6.07) is -0.954. The maximum absolute atomic E-state index is 11.6. The fourth-order valence-electron chi connectivity index (χ4n) is 1.56. The molecule has 0 aliphatic heterocycles. The first-order valence-electron chi connectivity index (χ1n) is 6.71. The van der Waals surface area contributed by atoms with Crippen LogP contribution in [0.2, 0.25) is 0 Å². The molecular formula is C13H26N2O4. The third kappa shape index (κ3) is 9.30. The van der Waals surface area contributed by atoms with Gasteiger partial charge in [-0.05, 0) is 25.7 Å². The Labute approximate surface area is 115 Å². The number of carbonyl (C=O) groups is 2. The average molecular weight is 274 g/mol. The minimum atomic E-state index is -0.600. The van der Waals surface area contributed by atoms with E-state index in [1.807, 2.05) is 20.8 Å². The topological polar surface area (TPSA) is 76.7 Å². The Hall–Kier alpha value is -1.30. The molecule has 0 heterocycles. The molecule has 0 rings (SSSR count). The maximum atomic E-state index is 11.6. The van der Waals surface area contributed by atoms with Gasteiger partial charge in [0.2, 0.25) is 0 Å². The Morgan fingerprint density at radius 2 is 1.95 bits per heavy atom. The molecule has 112 valence electrons. The van der Waals surface area contributed by atoms with Crippen LogP contribution in [0.1, 0.15) is 33.6 Å². The van der Waals surface area contributed by atoms with Gasteiger partial charge in [0.25, 0.3) is 0 Å². The highest BCUT2D eigenvalue weighted by Crippen LogP contribution is 2.05. The molecule has 0 aromatic carbocycles. The van der Waals surface area contributed by atoms with Crippen LogP contribution in [0.25, 0.3) is 0 Å². The number of urea groups is 1. The fourth-order valence-corrected chi connectivity index (χ4v) is 1.56. The van der Waals surface area contributed by atoms with Crippen LogP contribution in [-0.4, -0.2) is 44.9 Å². The molecule has 0 radical (unpaired) electrons. The van der Waals surface area contributed by atoms with Gasteiger partial charge < -0.3 is 20.1 Å². The lowest BCUT2D eigenvalue weighted by atomic mass is 10.0. The average Bonchev–Trinajstić information content (AvgIpc) is 2.36. The molecule has 0 saturated carbocycles. The molecule has 1 atom stereocenters. The van der Waals surface area contributed by atoms with Crippen molar-refractivity contribution in [2.45, 2.75) is 39.7 Å². The summed E-state index contributed by atoms with van der Waals surface area (Å²) in [6.45, 7) is 7.69. The largest absolute Gasteiger partial charge is 0.467 e. The first-order chi connectivity index (χ1) is 9.01. The Kier molecular flexibility index (Phi) is 9.88. The van der Waals surface area contributed by atoms with Crippen molar-refractivity contribution in [3.05, 3.63) is 0 Å². The molecule has 0 fully saturated rings. The highest BCUT2D eigenvalue weighted by molar-refractivity contribution is 5.83. The predicted molar refractivity (Wildman–Crippen MR) is 72.9 cm³/mol. The van der Waals surface area contributed by atoms with E-state index >= 15 is 0 Å². The van der Waals surface area contributed by atoms with Gasteiger partial charge in [0.05, 0.1) is 7.11 Å². The smallest absolute Gasteiger partial charge is 0.328 e. The van der Waals surface area contributed by atoms with E-state index in [0.717, 1.165) is 6.42 Å². The number of nitrogens with one attached hydrogen (secondary N) is 2. The van der Waals surface area contributed by atoms with Crippen molar-refractivity contribution >= 4 is 12.0 Å². The first-order valence-corrected chi connectivity index (χ1v) is 6.71. The van der Waals surface area contributed by atoms with Gasteiger partial charge in [-0.2, -0.15) is 0 Å². The fraction of sp³-hybridized carbons (Fsp3) is 0.846. The lowest BCUT2D eigenvalue weighted by Crippen LogP contribution is -2.47. The van der Waals surface area contributed by atoms with Crippen molar-refractivity contribution in [1.82, 2.24) is 10.6 Å². The predicted octanol–water partition coefficient (Wildman–Crippen LogP) is 1.30. The van der Waals surface area contributed by atoms with Crippen molar-refractivity contribution in [3.8, 4) is 0 Å². The highest BCUT2D eigenvalue weighted by atomic mass is 16.5. The van der Waals surface area contributed by atoms with Gasteiger partial charge in [-0.3, -0.25) is 0 Å². The summed E-state index contributed by atoms with van der Waals surface area (Å²) < 4.78 is 9.83. The first kappa shape index (κ1) is 17.7. The lowest BCUT2D eigenvalue weighted by Gasteiger charge is -2.18. The van der Waals surface area contributed by atoms with Crippen molar-refractivity contribution in [3.63, 3.8) is 0 Å². The molecule has 0 spiro atoms. The maximum Gasteiger partial charge on any atom is 0.328 e. The third-order valence-corrected chi connectivity index (χ3v) is 2.45. The molecule has 2 N–H and O–H groups in total. The minimum Gasteiger partial charge on any atom is -0.467 e. The summed E-state index contributed by atoms with van der Waals surface area (Å²) in [4.78, 5) is 23.1. The molecule has 0 aromatic heterocycles. The molecule has 0 aliphatic rings. The monoisotopic (exact) mass is 274 g/mol. The van der Waals surface area contributed by atoms with Gasteiger partial charge in [-0.1, -0.05) is 13.8 Å². The molecule has 19 heavy (non-hydrogen) atoms. The summed E-state index contributed by atoms with van der Waals surface area (Å²) in [5.41, 5.74) is 0. The van der Waals surface area contributed by atoms with E-state index in [1.54, 1.807) is 0 Å². The van der Waals surface area contributed by atoms with E-state index in [2.05, 4.69) is 15.4 Å². The third-order valence-electron chi connectivity index (χ3n) is 2.45. The minimum absolute atomic E-state index is 0.294. The molecular weight excluding hydrogens is 248 g/mol. The molecule has 0 aromatic rings. The van der Waals surface area contributed by atoms with Crippen LogP contribution in [0.5, 0.6) is 0 Å². The van der Waals surface area contributed by atoms with Crippen LogP contribution >= 0.6 is 0 Å². The van der Waals surface area contributed by atoms with E-state index in [9.17, 15) is 9.59 Å². The van der Waals surface area contributed by atoms with E-state index < -0.39 is 12.0 Å². The summed E-state index contributed by atoms with van der Waals surface area (Å²) in [5.74, 6) is -0.125. The Balaban J connectivity index is 3.99. The van der Waals surface area contributed by atoms with Crippen LogP contribution in [0.15, 0.2) is 0 Å². The molecule has 6 heteroatoms. The molecule has 6 nitrogen and oxygen atoms in total. The molecule has 0 bridgehead atoms. The van der Waals surface area contributed by atoms with Gasteiger partial charge >= 0.3 is 12.0 Å². The van der Waals surface area contributed by atoms with Crippen molar-refractivity contribution in [2.24, 2.45) is 5.92 Å². The van der Waals surface area contributed by atoms with Crippen LogP contribution in [0.4, 0.5) is 4.79 Å². The van der Waals surface area contributed by atoms with E-state index in [-0.39, 0.29) is 6.03 Å². The number of hydrogen-bond donors (Lipinski definition) is 2. The molecule has 0 saturated heterocycles. The van der Waals surface area contributed by atoms with Crippen molar-refractivity contribution in [1.29, 1.82) is 0 Å². The number of methoxy groups -OCH3 is 1. The van der Waals surface area contributed by atoms with E-state index in [0.29, 0.717) is 32.1 Å². The molecule has 0 aliphatic carbocycles. The number of hydrogen-bond acceptors (Lipinski definition) is 4. The highest BCUT2D eigenvalue weighted by Gasteiger charge is 2.22. The summed E-state index contributed by atoms with van der Waals surface area (Å²) in [7, 11) is 1.32. The van der Waals surface area contributed by atoms with Crippen molar-refractivity contribution in [2.75, 3.05) is 26.9 Å². The number of rotatable bonds is 9. The zero-order valence-electron chi connectivity index (χ0n) is 12.3. The second-order valence-corrected chi connectivity index (χ2v) is 4.66. The summed E-state index contributed by atoms with van der Waals surface area (Å²) in [6.07, 6.45) is 1.30. The number of amides is 2. The summed E-state index contributed by atoms with van der Waals surface area (Å²) >= 11 is 0. The van der Waals surface area contributed by atoms with E-state index in [4.69, 9.17) is 4.74 Å². The van der Waals surface area contributed by atoms with Crippen LogP contribution in [0.3, 0.4) is 0 Å². The van der Waals surface area contributed by atoms with Crippen LogP contribution in [-0.2, 0) is 14.3 Å². The zero-order valence-corrected chi connectivity index (χ0v) is 12.3. The Bertz CT molecular complexity index is 269. The second kappa shape index (κ2) is 10.6. The van der Waals surface area contributed by atoms with E-state index in [1.165, 1.54) is 7.11 Å². The van der Waals surface area contributed by atoms with Gasteiger partial charge in [-0.25, -0.2) is 9.59 Å². The molecule has 1 unspecified atom stereocenters. The Morgan fingerprint density at radius 1 is 1.26 bits per heavy atom. The molecule has 2 amide bonds. The second-order valence-electron chi connectivity index (χ2n) is 4.66. The normalized spacial score (nSPS) is 12.1. The van der Waals surface area contributed by atoms with Gasteiger partial charge in [0.1, 0.15) is 6.04 Å². The number of ether oxygens (including phenoxy) is 2. The summed E-state index contributed by atoms with van der Waals surface area (Å²) in [5, 5.41) is 5.31. The van der Waals surface area contributed by atoms with Crippen molar-refractivity contribution < 1.29 is 19.1 Å². The standard InChI is InChI=1S/C13H26N2O4/c1-5-19-8-6-7-14-13(17)15-11(9-10(2)3)12(16)18-4/h10-11H,5-9H2,1-4H3,(H2,14,15,17). The zero-order chi connectivity index (χ0) is 14.7. The SMILES string of the molecule is CCOCCCNC(=O)NC(CC(C)C)C(=O)OC. The van der Waals surface area contributed by atoms with Gasteiger partial charge in [0, 0.05) is 19.8 Å². The van der Waals surface area contributed by atoms with Crippen LogP contribution < -0.4 is 10.6 Å². The van der Waals surface area contributed by atoms with Crippen LogP contribution in [0, 0.1) is 5.92 Å². The Morgan fingerprint density at radius 3 is 2.47 bits per heavy atom. The quantitative estimate of drug-likeness (QED) is 0.491. The number of carbonyl (C=O) groups excluding carboxylic acids is 2. The number of esters is 1.